The Kier molecular flexibility index (Phi) is 5.37. The Balaban J connectivity index is 1.79. The minimum Gasteiger partial charge on any atom is -0.507 e. The summed E-state index contributed by atoms with van der Waals surface area (Å²) in [7, 11) is -2.47. The molecule has 0 unspecified atom stereocenters. The number of nitrogens with zero attached hydrogens (tertiary/aromatic N) is 1. The molecule has 3 aromatic carbocycles. The number of phenolic OH excluding ortho intramolecular Hbond substituents is 1. The summed E-state index contributed by atoms with van der Waals surface area (Å²) in [6, 6.07) is 11.5. The molecule has 0 bridgehead atoms. The number of carboxylic acids is 1. The van der Waals surface area contributed by atoms with Gasteiger partial charge in [-0.25, -0.2) is 17.6 Å². The van der Waals surface area contributed by atoms with E-state index in [9.17, 15) is 27.8 Å². The zero-order valence-corrected chi connectivity index (χ0v) is 18.8. The molecular weight excluding hydrogens is 449 g/mol. The van der Waals surface area contributed by atoms with Crippen molar-refractivity contribution in [3.8, 4) is 17.2 Å². The molecule has 170 valence electrons. The Bertz CT molecular complexity index is 1520. The molecule has 1 heterocycles. The van der Waals surface area contributed by atoms with Crippen LogP contribution < -0.4 is 4.74 Å². The van der Waals surface area contributed by atoms with Crippen molar-refractivity contribution in [1.82, 2.24) is 4.57 Å². The number of aromatic carboxylic acids is 1. The topological polar surface area (TPSA) is 106 Å². The highest BCUT2D eigenvalue weighted by Gasteiger charge is 2.23. The molecule has 4 rings (SSSR count). The van der Waals surface area contributed by atoms with E-state index in [2.05, 4.69) is 0 Å². The molecule has 7 nitrogen and oxygen atoms in total. The third-order valence-corrected chi connectivity index (χ3v) is 7.32. The second kappa shape index (κ2) is 7.93. The second-order valence-electron chi connectivity index (χ2n) is 7.66. The minimum atomic E-state index is -4.13. The van der Waals surface area contributed by atoms with Gasteiger partial charge in [0.25, 0.3) is 0 Å². The number of hydrogen-bond donors (Lipinski definition) is 2. The average molecular weight is 469 g/mol. The number of carbonyl (C=O) groups is 1. The van der Waals surface area contributed by atoms with Gasteiger partial charge in [-0.1, -0.05) is 0 Å². The largest absolute Gasteiger partial charge is 0.507 e. The number of hydrogen-bond acceptors (Lipinski definition) is 5. The Hall–Kier alpha value is -3.85. The third-order valence-electron chi connectivity index (χ3n) is 5.52. The minimum absolute atomic E-state index is 0.127. The highest BCUT2D eigenvalue weighted by atomic mass is 32.2. The molecule has 0 aliphatic heterocycles. The Morgan fingerprint density at radius 2 is 1.70 bits per heavy atom. The predicted molar refractivity (Wildman–Crippen MR) is 119 cm³/mol. The van der Waals surface area contributed by atoms with E-state index >= 15 is 0 Å². The molecule has 1 aromatic heterocycles. The van der Waals surface area contributed by atoms with Gasteiger partial charge in [0.2, 0.25) is 9.84 Å². The predicted octanol–water partition coefficient (Wildman–Crippen LogP) is 4.96. The quantitative estimate of drug-likeness (QED) is 0.400. The van der Waals surface area contributed by atoms with Crippen molar-refractivity contribution in [2.24, 2.45) is 7.05 Å². The highest BCUT2D eigenvalue weighted by Crippen LogP contribution is 2.38. The van der Waals surface area contributed by atoms with E-state index in [0.29, 0.717) is 22.3 Å². The van der Waals surface area contributed by atoms with E-state index in [1.54, 1.807) is 37.6 Å². The smallest absolute Gasteiger partial charge is 0.352 e. The molecule has 4 aromatic rings. The maximum Gasteiger partial charge on any atom is 0.352 e. The first kappa shape index (κ1) is 22.3. The number of fused-ring (bicyclic) bond motifs is 1. The van der Waals surface area contributed by atoms with Gasteiger partial charge in [0.1, 0.15) is 33.7 Å². The van der Waals surface area contributed by atoms with Crippen molar-refractivity contribution in [2.75, 3.05) is 0 Å². The third kappa shape index (κ3) is 3.80. The fourth-order valence-electron chi connectivity index (χ4n) is 3.78. The Labute approximate surface area is 189 Å². The summed E-state index contributed by atoms with van der Waals surface area (Å²) >= 11 is 0. The van der Waals surface area contributed by atoms with Gasteiger partial charge in [-0.2, -0.15) is 0 Å². The molecule has 0 radical (unpaired) electrons. The lowest BCUT2D eigenvalue weighted by Crippen LogP contribution is -2.04. The summed E-state index contributed by atoms with van der Waals surface area (Å²) in [4.78, 5) is 11.0. The van der Waals surface area contributed by atoms with Crippen molar-refractivity contribution in [3.05, 3.63) is 77.2 Å². The molecule has 2 N–H and O–H groups in total. The number of sulfone groups is 1. The van der Waals surface area contributed by atoms with Crippen molar-refractivity contribution < 1.29 is 32.6 Å². The first-order valence-corrected chi connectivity index (χ1v) is 11.3. The number of aromatic nitrogens is 1. The van der Waals surface area contributed by atoms with Crippen LogP contribution in [0.2, 0.25) is 0 Å². The van der Waals surface area contributed by atoms with Crippen molar-refractivity contribution in [3.63, 3.8) is 0 Å². The molecular formula is C24H20FNO6S. The number of aryl methyl sites for hydroxylation is 3. The van der Waals surface area contributed by atoms with Crippen LogP contribution in [-0.4, -0.2) is 29.2 Å². The van der Waals surface area contributed by atoms with Crippen LogP contribution in [0.3, 0.4) is 0 Å². The zero-order chi connectivity index (χ0) is 24.1. The maximum atomic E-state index is 13.2. The molecule has 0 fully saturated rings. The van der Waals surface area contributed by atoms with E-state index < -0.39 is 27.4 Å². The first-order chi connectivity index (χ1) is 15.5. The van der Waals surface area contributed by atoms with Crippen LogP contribution in [0.4, 0.5) is 4.39 Å². The highest BCUT2D eigenvalue weighted by molar-refractivity contribution is 7.91. The molecule has 0 saturated heterocycles. The number of ether oxygens (including phenoxy) is 1. The Morgan fingerprint density at radius 1 is 1.03 bits per heavy atom. The normalized spacial score (nSPS) is 11.6. The summed E-state index contributed by atoms with van der Waals surface area (Å²) in [5.74, 6) is -1.50. The van der Waals surface area contributed by atoms with Gasteiger partial charge in [0, 0.05) is 29.6 Å². The van der Waals surface area contributed by atoms with Crippen LogP contribution >= 0.6 is 0 Å². The lowest BCUT2D eigenvalue weighted by molar-refractivity contribution is 0.0687. The fourth-order valence-corrected chi connectivity index (χ4v) is 5.14. The fraction of sp³-hybridized carbons (Fsp3) is 0.125. The van der Waals surface area contributed by atoms with Crippen LogP contribution in [0.5, 0.6) is 17.2 Å². The summed E-state index contributed by atoms with van der Waals surface area (Å²) in [5, 5.41) is 20.3. The van der Waals surface area contributed by atoms with Crippen LogP contribution in [0, 0.1) is 19.7 Å². The van der Waals surface area contributed by atoms with Gasteiger partial charge in [0.05, 0.1) is 4.90 Å². The number of benzene rings is 3. The van der Waals surface area contributed by atoms with Crippen molar-refractivity contribution in [2.45, 2.75) is 23.6 Å². The molecule has 0 amide bonds. The van der Waals surface area contributed by atoms with Gasteiger partial charge < -0.3 is 19.5 Å². The van der Waals surface area contributed by atoms with E-state index in [4.69, 9.17) is 4.74 Å². The van der Waals surface area contributed by atoms with Crippen LogP contribution in [0.1, 0.15) is 21.6 Å². The van der Waals surface area contributed by atoms with E-state index in [0.717, 1.165) is 29.8 Å². The van der Waals surface area contributed by atoms with Crippen LogP contribution in [-0.2, 0) is 16.9 Å². The number of aromatic hydroxyl groups is 1. The lowest BCUT2D eigenvalue weighted by Gasteiger charge is -2.15. The van der Waals surface area contributed by atoms with Crippen LogP contribution in [0.15, 0.2) is 64.4 Å². The molecule has 0 aliphatic carbocycles. The molecule has 0 aliphatic rings. The van der Waals surface area contributed by atoms with Crippen molar-refractivity contribution in [1.29, 1.82) is 0 Å². The SMILES string of the molecule is Cc1cc2c(cc(C(=O)O)n2C)c(C)c1Oc1ccc(O)c(S(=O)(=O)c2ccc(F)cc2)c1. The standard InChI is InChI=1S/C24H20FNO6S/c1-13-10-19-18(12-20(24(28)29)26(19)3)14(2)23(13)32-16-6-9-21(27)22(11-16)33(30,31)17-7-4-15(25)5-8-17/h4-12,27H,1-3H3,(H,28,29). The van der Waals surface area contributed by atoms with E-state index in [1.807, 2.05) is 0 Å². The van der Waals surface area contributed by atoms with Gasteiger partial charge in [0.15, 0.2) is 0 Å². The molecule has 9 heteroatoms. The monoisotopic (exact) mass is 469 g/mol. The summed E-state index contributed by atoms with van der Waals surface area (Å²) < 4.78 is 46.8. The van der Waals surface area contributed by atoms with Crippen LogP contribution in [0.25, 0.3) is 10.9 Å². The van der Waals surface area contributed by atoms with Crippen molar-refractivity contribution >= 4 is 26.7 Å². The van der Waals surface area contributed by atoms with Gasteiger partial charge in [-0.3, -0.25) is 0 Å². The molecule has 0 atom stereocenters. The van der Waals surface area contributed by atoms with Gasteiger partial charge in [-0.05, 0) is 67.9 Å². The van der Waals surface area contributed by atoms with E-state index in [-0.39, 0.29) is 21.2 Å². The summed E-state index contributed by atoms with van der Waals surface area (Å²) in [5.41, 5.74) is 2.25. The molecule has 33 heavy (non-hydrogen) atoms. The van der Waals surface area contributed by atoms with Gasteiger partial charge >= 0.3 is 5.97 Å². The summed E-state index contributed by atoms with van der Waals surface area (Å²) in [6.45, 7) is 3.58. The number of rotatable bonds is 5. The average Bonchev–Trinajstić information content (AvgIpc) is 3.09. The molecule has 0 spiro atoms. The zero-order valence-electron chi connectivity index (χ0n) is 18.0. The second-order valence-corrected chi connectivity index (χ2v) is 9.58. The number of halogens is 1. The maximum absolute atomic E-state index is 13.2. The summed E-state index contributed by atoms with van der Waals surface area (Å²) in [6.07, 6.45) is 0. The lowest BCUT2D eigenvalue weighted by atomic mass is 10.1. The number of phenols is 1. The molecule has 0 saturated carbocycles. The Morgan fingerprint density at radius 3 is 2.33 bits per heavy atom. The van der Waals surface area contributed by atoms with Gasteiger partial charge in [-0.15, -0.1) is 0 Å². The first-order valence-electron chi connectivity index (χ1n) is 9.85. The van der Waals surface area contributed by atoms with E-state index in [1.165, 1.54) is 18.2 Å². The number of carboxylic acid groups (broad SMARTS) is 1.